The van der Waals surface area contributed by atoms with Gasteiger partial charge in [-0.15, -0.1) is 0 Å². The molecule has 1 atom stereocenters. The Morgan fingerprint density at radius 3 is 2.74 bits per heavy atom. The first-order valence-electron chi connectivity index (χ1n) is 5.38. The monoisotopic (exact) mass is 333 g/mol. The van der Waals surface area contributed by atoms with Crippen molar-refractivity contribution in [3.8, 4) is 5.75 Å². The number of amides is 1. The third kappa shape index (κ3) is 4.51. The van der Waals surface area contributed by atoms with Gasteiger partial charge in [0.25, 0.3) is 0 Å². The third-order valence-electron chi connectivity index (χ3n) is 2.39. The van der Waals surface area contributed by atoms with E-state index in [1.54, 1.807) is 18.2 Å². The van der Waals surface area contributed by atoms with Crippen LogP contribution in [0.25, 0.3) is 0 Å². The summed E-state index contributed by atoms with van der Waals surface area (Å²) in [4.78, 5) is 22.2. The summed E-state index contributed by atoms with van der Waals surface area (Å²) in [6, 6.07) is 3.56. The number of rotatable bonds is 6. The van der Waals surface area contributed by atoms with Crippen molar-refractivity contribution in [1.82, 2.24) is 5.32 Å². The van der Waals surface area contributed by atoms with Crippen molar-refractivity contribution in [3.05, 3.63) is 28.2 Å². The number of hydrogen-bond donors (Lipinski definition) is 2. The smallest absolute Gasteiger partial charge is 0.328 e. The number of benzene rings is 1. The molecule has 1 aromatic rings. The average Bonchev–Trinajstić information content (AvgIpc) is 2.38. The Balaban J connectivity index is 2.73. The highest BCUT2D eigenvalue weighted by Gasteiger charge is 2.20. The van der Waals surface area contributed by atoms with Gasteiger partial charge in [-0.1, -0.05) is 15.9 Å². The minimum Gasteiger partial charge on any atom is -0.497 e. The molecule has 104 valence electrons. The van der Waals surface area contributed by atoms with Crippen LogP contribution in [-0.2, 0) is 16.0 Å². The van der Waals surface area contributed by atoms with Crippen LogP contribution in [0.15, 0.2) is 22.7 Å². The van der Waals surface area contributed by atoms with Gasteiger partial charge < -0.3 is 15.2 Å². The van der Waals surface area contributed by atoms with Crippen LogP contribution >= 0.6 is 15.9 Å². The summed E-state index contributed by atoms with van der Waals surface area (Å²) < 4.78 is 18.1. The lowest BCUT2D eigenvalue weighted by Gasteiger charge is -2.12. The van der Waals surface area contributed by atoms with Crippen molar-refractivity contribution >= 4 is 27.8 Å². The van der Waals surface area contributed by atoms with Crippen molar-refractivity contribution in [2.45, 2.75) is 12.5 Å². The van der Waals surface area contributed by atoms with Crippen LogP contribution in [0.4, 0.5) is 4.39 Å². The quantitative estimate of drug-likeness (QED) is 0.828. The SMILES string of the molecule is COc1ccc(Br)c(CC(=O)NC(CF)C(=O)O)c1. The number of methoxy groups -OCH3 is 1. The van der Waals surface area contributed by atoms with Gasteiger partial charge in [0.05, 0.1) is 13.5 Å². The number of ether oxygens (including phenoxy) is 1. The summed E-state index contributed by atoms with van der Waals surface area (Å²) in [6.07, 6.45) is -0.0679. The lowest BCUT2D eigenvalue weighted by molar-refractivity contribution is -0.142. The van der Waals surface area contributed by atoms with E-state index in [-0.39, 0.29) is 6.42 Å². The normalized spacial score (nSPS) is 11.7. The predicted octanol–water partition coefficient (Wildman–Crippen LogP) is 1.54. The molecule has 0 radical (unpaired) electrons. The maximum absolute atomic E-state index is 12.4. The highest BCUT2D eigenvalue weighted by Crippen LogP contribution is 2.22. The summed E-state index contributed by atoms with van der Waals surface area (Å²) >= 11 is 3.27. The van der Waals surface area contributed by atoms with E-state index in [1.807, 2.05) is 0 Å². The molecule has 0 aliphatic rings. The second kappa shape index (κ2) is 7.08. The van der Waals surface area contributed by atoms with E-state index < -0.39 is 24.6 Å². The number of alkyl halides is 1. The van der Waals surface area contributed by atoms with E-state index >= 15 is 0 Å². The van der Waals surface area contributed by atoms with Crippen LogP contribution in [0.1, 0.15) is 5.56 Å². The number of hydrogen-bond acceptors (Lipinski definition) is 3. The summed E-state index contributed by atoms with van der Waals surface area (Å²) in [7, 11) is 1.50. The van der Waals surface area contributed by atoms with E-state index in [0.717, 1.165) is 0 Å². The van der Waals surface area contributed by atoms with E-state index in [4.69, 9.17) is 9.84 Å². The Kier molecular flexibility index (Phi) is 5.75. The molecule has 0 aromatic heterocycles. The predicted molar refractivity (Wildman–Crippen MR) is 69.9 cm³/mol. The first-order chi connectivity index (χ1) is 8.97. The maximum Gasteiger partial charge on any atom is 0.328 e. The molecule has 0 saturated heterocycles. The van der Waals surface area contributed by atoms with Crippen LogP contribution in [0.3, 0.4) is 0 Å². The molecule has 0 fully saturated rings. The van der Waals surface area contributed by atoms with Gasteiger partial charge >= 0.3 is 5.97 Å². The molecule has 1 amide bonds. The molecule has 7 heteroatoms. The molecule has 0 aliphatic heterocycles. The van der Waals surface area contributed by atoms with Crippen LogP contribution in [0, 0.1) is 0 Å². The van der Waals surface area contributed by atoms with Gasteiger partial charge in [-0.05, 0) is 23.8 Å². The lowest BCUT2D eigenvalue weighted by atomic mass is 10.1. The molecule has 0 heterocycles. The summed E-state index contributed by atoms with van der Waals surface area (Å²) in [6.45, 7) is -1.15. The second-order valence-corrected chi connectivity index (χ2v) is 4.60. The molecule has 5 nitrogen and oxygen atoms in total. The largest absolute Gasteiger partial charge is 0.497 e. The fourth-order valence-electron chi connectivity index (χ4n) is 1.40. The van der Waals surface area contributed by atoms with Gasteiger partial charge in [-0.25, -0.2) is 9.18 Å². The summed E-state index contributed by atoms with van der Waals surface area (Å²) in [5, 5.41) is 10.7. The molecule has 0 spiro atoms. The number of halogens is 2. The van der Waals surface area contributed by atoms with Crippen molar-refractivity contribution in [2.75, 3.05) is 13.8 Å². The maximum atomic E-state index is 12.4. The molecule has 2 N–H and O–H groups in total. The van der Waals surface area contributed by atoms with Crippen LogP contribution in [0.2, 0.25) is 0 Å². The molecule has 19 heavy (non-hydrogen) atoms. The van der Waals surface area contributed by atoms with Gasteiger partial charge in [0.2, 0.25) is 5.91 Å². The molecule has 0 aliphatic carbocycles. The summed E-state index contributed by atoms with van der Waals surface area (Å²) in [5.41, 5.74) is 0.625. The Morgan fingerprint density at radius 1 is 1.53 bits per heavy atom. The average molecular weight is 334 g/mol. The van der Waals surface area contributed by atoms with E-state index in [0.29, 0.717) is 15.8 Å². The molecule has 1 rings (SSSR count). The van der Waals surface area contributed by atoms with Crippen LogP contribution in [-0.4, -0.2) is 36.8 Å². The van der Waals surface area contributed by atoms with Crippen LogP contribution in [0.5, 0.6) is 5.75 Å². The Hall–Kier alpha value is -1.63. The molecular weight excluding hydrogens is 321 g/mol. The molecular formula is C12H13BrFNO4. The van der Waals surface area contributed by atoms with Crippen molar-refractivity contribution < 1.29 is 23.8 Å². The van der Waals surface area contributed by atoms with Gasteiger partial charge in [0, 0.05) is 4.47 Å². The van der Waals surface area contributed by atoms with Gasteiger partial charge in [0.15, 0.2) is 6.04 Å². The molecule has 0 bridgehead atoms. The standard InChI is InChI=1S/C12H13BrFNO4/c1-19-8-2-3-9(13)7(4-8)5-11(16)15-10(6-14)12(17)18/h2-4,10H,5-6H2,1H3,(H,15,16)(H,17,18). The van der Waals surface area contributed by atoms with Gasteiger partial charge in [0.1, 0.15) is 12.4 Å². The topological polar surface area (TPSA) is 75.6 Å². The first-order valence-corrected chi connectivity index (χ1v) is 6.17. The number of carboxylic acid groups (broad SMARTS) is 1. The molecule has 1 unspecified atom stereocenters. The van der Waals surface area contributed by atoms with E-state index in [9.17, 15) is 14.0 Å². The Bertz CT molecular complexity index is 481. The fraction of sp³-hybridized carbons (Fsp3) is 0.333. The first kappa shape index (κ1) is 15.4. The number of nitrogens with one attached hydrogen (secondary N) is 1. The van der Waals surface area contributed by atoms with Crippen molar-refractivity contribution in [1.29, 1.82) is 0 Å². The lowest BCUT2D eigenvalue weighted by Crippen LogP contribution is -2.43. The Morgan fingerprint density at radius 2 is 2.21 bits per heavy atom. The van der Waals surface area contributed by atoms with Crippen molar-refractivity contribution in [3.63, 3.8) is 0 Å². The zero-order chi connectivity index (χ0) is 14.4. The second-order valence-electron chi connectivity index (χ2n) is 3.75. The minimum absolute atomic E-state index is 0.0679. The minimum atomic E-state index is -1.52. The van der Waals surface area contributed by atoms with Crippen molar-refractivity contribution in [2.24, 2.45) is 0 Å². The van der Waals surface area contributed by atoms with Crippen LogP contribution < -0.4 is 10.1 Å². The highest BCUT2D eigenvalue weighted by molar-refractivity contribution is 9.10. The Labute approximate surface area is 117 Å². The number of carbonyl (C=O) groups excluding carboxylic acids is 1. The van der Waals surface area contributed by atoms with Gasteiger partial charge in [-0.2, -0.15) is 0 Å². The number of aliphatic carboxylic acids is 1. The van der Waals surface area contributed by atoms with Gasteiger partial charge in [-0.3, -0.25) is 4.79 Å². The molecule has 1 aromatic carbocycles. The highest BCUT2D eigenvalue weighted by atomic mass is 79.9. The molecule has 0 saturated carbocycles. The fourth-order valence-corrected chi connectivity index (χ4v) is 1.79. The number of carboxylic acids is 1. The number of carbonyl (C=O) groups is 2. The summed E-state index contributed by atoms with van der Waals surface area (Å²) in [5.74, 6) is -1.40. The van der Waals surface area contributed by atoms with E-state index in [1.165, 1.54) is 7.11 Å². The zero-order valence-electron chi connectivity index (χ0n) is 10.2. The zero-order valence-corrected chi connectivity index (χ0v) is 11.7. The third-order valence-corrected chi connectivity index (χ3v) is 3.17. The van der Waals surface area contributed by atoms with E-state index in [2.05, 4.69) is 21.2 Å².